The molecule has 0 radical (unpaired) electrons. The van der Waals surface area contributed by atoms with Gasteiger partial charge in [-0.3, -0.25) is 9.69 Å². The Bertz CT molecular complexity index is 784. The Morgan fingerprint density at radius 1 is 1.29 bits per heavy atom. The maximum atomic E-state index is 13.8. The summed E-state index contributed by atoms with van der Waals surface area (Å²) in [5, 5.41) is 7.56. The first-order valence-electron chi connectivity index (χ1n) is 8.33. The van der Waals surface area contributed by atoms with Gasteiger partial charge in [0.05, 0.1) is 11.4 Å². The zero-order valence-corrected chi connectivity index (χ0v) is 13.9. The molecule has 0 spiro atoms. The lowest BCUT2D eigenvalue weighted by atomic mass is 10.1. The van der Waals surface area contributed by atoms with Crippen LogP contribution in [0.5, 0.6) is 0 Å². The molecule has 0 unspecified atom stereocenters. The standard InChI is InChI=1S/C18H21FN4O/c1-11-5-12(2)23(21-11)17-4-3-15(19)6-14(17)9-22-8-13-7-18(24)20-16(13)10-22/h3-6,13,16H,7-10H2,1-2H3,(H,20,24)/t13-,16+/m0/s1. The molecule has 1 aromatic heterocycles. The van der Waals surface area contributed by atoms with Crippen molar-refractivity contribution >= 4 is 5.91 Å². The Hall–Kier alpha value is -2.21. The van der Waals surface area contributed by atoms with Crippen LogP contribution in [-0.2, 0) is 11.3 Å². The Balaban J connectivity index is 1.60. The summed E-state index contributed by atoms with van der Waals surface area (Å²) < 4.78 is 15.7. The molecule has 2 aromatic rings. The minimum Gasteiger partial charge on any atom is -0.352 e. The quantitative estimate of drug-likeness (QED) is 0.937. The lowest BCUT2D eigenvalue weighted by Crippen LogP contribution is -2.32. The second-order valence-corrected chi connectivity index (χ2v) is 6.94. The van der Waals surface area contributed by atoms with E-state index in [9.17, 15) is 9.18 Å². The number of carbonyl (C=O) groups excluding carboxylic acids is 1. The zero-order valence-electron chi connectivity index (χ0n) is 13.9. The molecule has 1 aromatic carbocycles. The molecule has 3 heterocycles. The molecular weight excluding hydrogens is 307 g/mol. The van der Waals surface area contributed by atoms with Crippen molar-refractivity contribution in [1.29, 1.82) is 0 Å². The molecule has 1 amide bonds. The van der Waals surface area contributed by atoms with Crippen LogP contribution in [0.1, 0.15) is 23.4 Å². The van der Waals surface area contributed by atoms with Crippen LogP contribution in [0.25, 0.3) is 5.69 Å². The Kier molecular flexibility index (Phi) is 3.64. The van der Waals surface area contributed by atoms with Crippen molar-refractivity contribution in [3.63, 3.8) is 0 Å². The van der Waals surface area contributed by atoms with Gasteiger partial charge in [0.1, 0.15) is 5.82 Å². The number of hydrogen-bond acceptors (Lipinski definition) is 3. The summed E-state index contributed by atoms with van der Waals surface area (Å²) in [4.78, 5) is 13.7. The van der Waals surface area contributed by atoms with E-state index in [0.29, 0.717) is 18.9 Å². The van der Waals surface area contributed by atoms with E-state index in [1.165, 1.54) is 6.07 Å². The van der Waals surface area contributed by atoms with Gasteiger partial charge in [0.15, 0.2) is 0 Å². The topological polar surface area (TPSA) is 50.2 Å². The Labute approximate surface area is 140 Å². The molecule has 2 aliphatic rings. The van der Waals surface area contributed by atoms with Crippen LogP contribution in [0.2, 0.25) is 0 Å². The molecule has 126 valence electrons. The van der Waals surface area contributed by atoms with E-state index in [4.69, 9.17) is 0 Å². The van der Waals surface area contributed by atoms with Crippen LogP contribution in [0, 0.1) is 25.6 Å². The van der Waals surface area contributed by atoms with E-state index < -0.39 is 0 Å². The highest BCUT2D eigenvalue weighted by molar-refractivity contribution is 5.79. The number of nitrogens with one attached hydrogen (secondary N) is 1. The van der Waals surface area contributed by atoms with Crippen molar-refractivity contribution in [2.45, 2.75) is 32.9 Å². The number of likely N-dealkylation sites (tertiary alicyclic amines) is 1. The van der Waals surface area contributed by atoms with E-state index in [1.54, 1.807) is 12.1 Å². The van der Waals surface area contributed by atoms with E-state index in [0.717, 1.165) is 35.7 Å². The Morgan fingerprint density at radius 2 is 2.12 bits per heavy atom. The van der Waals surface area contributed by atoms with Gasteiger partial charge in [-0.25, -0.2) is 9.07 Å². The summed E-state index contributed by atoms with van der Waals surface area (Å²) in [6.45, 7) is 6.31. The first-order chi connectivity index (χ1) is 11.5. The molecule has 2 aliphatic heterocycles. The number of hydrogen-bond donors (Lipinski definition) is 1. The summed E-state index contributed by atoms with van der Waals surface area (Å²) in [5.41, 5.74) is 3.82. The van der Waals surface area contributed by atoms with Gasteiger partial charge in [0, 0.05) is 43.7 Å². The highest BCUT2D eigenvalue weighted by Crippen LogP contribution is 2.28. The van der Waals surface area contributed by atoms with Gasteiger partial charge in [0.2, 0.25) is 5.91 Å². The fraction of sp³-hybridized carbons (Fsp3) is 0.444. The molecule has 1 N–H and O–H groups in total. The molecule has 5 nitrogen and oxygen atoms in total. The fourth-order valence-corrected chi connectivity index (χ4v) is 3.96. The predicted molar refractivity (Wildman–Crippen MR) is 88.3 cm³/mol. The van der Waals surface area contributed by atoms with Crippen LogP contribution >= 0.6 is 0 Å². The van der Waals surface area contributed by atoms with E-state index in [1.807, 2.05) is 24.6 Å². The van der Waals surface area contributed by atoms with Crippen LogP contribution in [0.3, 0.4) is 0 Å². The first kappa shape index (κ1) is 15.3. The maximum Gasteiger partial charge on any atom is 0.220 e. The smallest absolute Gasteiger partial charge is 0.220 e. The van der Waals surface area contributed by atoms with Crippen molar-refractivity contribution in [2.75, 3.05) is 13.1 Å². The molecule has 6 heteroatoms. The molecule has 4 rings (SSSR count). The number of aryl methyl sites for hydroxylation is 2. The van der Waals surface area contributed by atoms with Crippen molar-refractivity contribution < 1.29 is 9.18 Å². The summed E-state index contributed by atoms with van der Waals surface area (Å²) >= 11 is 0. The normalized spacial score (nSPS) is 23.5. The summed E-state index contributed by atoms with van der Waals surface area (Å²) in [5.74, 6) is 0.296. The SMILES string of the molecule is Cc1cc(C)n(-c2ccc(F)cc2CN2C[C@@H]3CC(=O)N[C@@H]3C2)n1. The zero-order chi connectivity index (χ0) is 16.8. The monoisotopic (exact) mass is 328 g/mol. The first-order valence-corrected chi connectivity index (χ1v) is 8.33. The molecule has 2 atom stereocenters. The van der Waals surface area contributed by atoms with Gasteiger partial charge in [0.25, 0.3) is 0 Å². The number of carbonyl (C=O) groups is 1. The van der Waals surface area contributed by atoms with Gasteiger partial charge >= 0.3 is 0 Å². The molecular formula is C18H21FN4O. The van der Waals surface area contributed by atoms with Crippen molar-refractivity contribution in [3.05, 3.63) is 47.0 Å². The fourth-order valence-electron chi connectivity index (χ4n) is 3.96. The van der Waals surface area contributed by atoms with Gasteiger partial charge in [-0.2, -0.15) is 5.10 Å². The Morgan fingerprint density at radius 3 is 2.83 bits per heavy atom. The number of fused-ring (bicyclic) bond motifs is 1. The number of nitrogens with zero attached hydrogens (tertiary/aromatic N) is 3. The minimum absolute atomic E-state index is 0.152. The average Bonchev–Trinajstić information content (AvgIpc) is 3.12. The largest absolute Gasteiger partial charge is 0.352 e. The molecule has 2 fully saturated rings. The molecule has 0 bridgehead atoms. The van der Waals surface area contributed by atoms with Gasteiger partial charge in [-0.15, -0.1) is 0 Å². The molecule has 2 saturated heterocycles. The summed E-state index contributed by atoms with van der Waals surface area (Å²) in [6.07, 6.45) is 0.606. The van der Waals surface area contributed by atoms with Crippen LogP contribution in [-0.4, -0.2) is 39.7 Å². The second-order valence-electron chi connectivity index (χ2n) is 6.94. The van der Waals surface area contributed by atoms with Gasteiger partial charge in [-0.05, 0) is 43.7 Å². The third-order valence-electron chi connectivity index (χ3n) is 4.98. The molecule has 0 saturated carbocycles. The van der Waals surface area contributed by atoms with Crippen molar-refractivity contribution in [3.8, 4) is 5.69 Å². The minimum atomic E-state index is -0.233. The summed E-state index contributed by atoms with van der Waals surface area (Å²) in [7, 11) is 0. The molecule has 0 aliphatic carbocycles. The van der Waals surface area contributed by atoms with Gasteiger partial charge < -0.3 is 5.32 Å². The average molecular weight is 328 g/mol. The van der Waals surface area contributed by atoms with E-state index in [2.05, 4.69) is 15.3 Å². The van der Waals surface area contributed by atoms with Crippen LogP contribution in [0.15, 0.2) is 24.3 Å². The van der Waals surface area contributed by atoms with E-state index >= 15 is 0 Å². The third kappa shape index (κ3) is 2.71. The number of halogens is 1. The summed E-state index contributed by atoms with van der Waals surface area (Å²) in [6, 6.07) is 7.13. The van der Waals surface area contributed by atoms with Crippen LogP contribution < -0.4 is 5.32 Å². The highest BCUT2D eigenvalue weighted by Gasteiger charge is 2.39. The van der Waals surface area contributed by atoms with Crippen molar-refractivity contribution in [1.82, 2.24) is 20.0 Å². The third-order valence-corrected chi connectivity index (χ3v) is 4.98. The number of aromatic nitrogens is 2. The lowest BCUT2D eigenvalue weighted by Gasteiger charge is -2.19. The molecule has 24 heavy (non-hydrogen) atoms. The number of benzene rings is 1. The lowest BCUT2D eigenvalue weighted by molar-refractivity contribution is -0.119. The van der Waals surface area contributed by atoms with Crippen LogP contribution in [0.4, 0.5) is 4.39 Å². The maximum absolute atomic E-state index is 13.8. The second kappa shape index (κ2) is 5.70. The van der Waals surface area contributed by atoms with Crippen molar-refractivity contribution in [2.24, 2.45) is 5.92 Å². The number of amides is 1. The van der Waals surface area contributed by atoms with Gasteiger partial charge in [-0.1, -0.05) is 0 Å². The van der Waals surface area contributed by atoms with E-state index in [-0.39, 0.29) is 17.8 Å². The number of rotatable bonds is 3. The highest BCUT2D eigenvalue weighted by atomic mass is 19.1. The predicted octanol–water partition coefficient (Wildman–Crippen LogP) is 1.95.